The standard InChI is InChI=1S/C18H19N5O2/c1-23(2)10-16(24)25-15-8-7-14-17(15)20-11-21-18(14)22-13-5-3-12(9-19)4-6-13/h3-6,11,15H,7-8,10H2,1-2H3,(H,20,21,22). The average Bonchev–Trinajstić information content (AvgIpc) is 2.99. The van der Waals surface area contributed by atoms with Crippen molar-refractivity contribution in [1.82, 2.24) is 14.9 Å². The van der Waals surface area contributed by atoms with E-state index in [1.807, 2.05) is 26.2 Å². The van der Waals surface area contributed by atoms with Crippen LogP contribution in [0.4, 0.5) is 11.5 Å². The number of hydrogen-bond donors (Lipinski definition) is 1. The largest absolute Gasteiger partial charge is 0.455 e. The van der Waals surface area contributed by atoms with Gasteiger partial charge in [-0.25, -0.2) is 9.97 Å². The van der Waals surface area contributed by atoms with Gasteiger partial charge in [-0.3, -0.25) is 9.69 Å². The summed E-state index contributed by atoms with van der Waals surface area (Å²) in [5.41, 5.74) is 3.17. The summed E-state index contributed by atoms with van der Waals surface area (Å²) in [6, 6.07) is 9.24. The Morgan fingerprint density at radius 3 is 2.80 bits per heavy atom. The SMILES string of the molecule is CN(C)CC(=O)OC1CCc2c(Nc3ccc(C#N)cc3)ncnc21. The van der Waals surface area contributed by atoms with Crippen LogP contribution in [0.1, 0.15) is 29.3 Å². The maximum Gasteiger partial charge on any atom is 0.320 e. The summed E-state index contributed by atoms with van der Waals surface area (Å²) in [4.78, 5) is 22.3. The Bertz CT molecular complexity index is 811. The van der Waals surface area contributed by atoms with Gasteiger partial charge < -0.3 is 10.1 Å². The number of nitriles is 1. The molecule has 0 fully saturated rings. The second-order valence-corrected chi connectivity index (χ2v) is 6.16. The quantitative estimate of drug-likeness (QED) is 0.836. The first-order valence-electron chi connectivity index (χ1n) is 8.02. The zero-order chi connectivity index (χ0) is 17.8. The molecule has 1 aliphatic rings. The van der Waals surface area contributed by atoms with Gasteiger partial charge in [0.25, 0.3) is 0 Å². The number of rotatable bonds is 5. The van der Waals surface area contributed by atoms with Crippen molar-refractivity contribution in [3.8, 4) is 6.07 Å². The molecule has 1 atom stereocenters. The Labute approximate surface area is 146 Å². The molecule has 1 aromatic carbocycles. The molecular weight excluding hydrogens is 318 g/mol. The number of ether oxygens (including phenoxy) is 1. The van der Waals surface area contributed by atoms with Crippen LogP contribution < -0.4 is 5.32 Å². The minimum absolute atomic E-state index is 0.243. The highest BCUT2D eigenvalue weighted by atomic mass is 16.5. The van der Waals surface area contributed by atoms with Crippen LogP contribution >= 0.6 is 0 Å². The summed E-state index contributed by atoms with van der Waals surface area (Å²) in [6.45, 7) is 0.243. The maximum atomic E-state index is 11.9. The lowest BCUT2D eigenvalue weighted by Crippen LogP contribution is -2.24. The van der Waals surface area contributed by atoms with E-state index in [4.69, 9.17) is 10.00 Å². The van der Waals surface area contributed by atoms with Crippen LogP contribution in [-0.4, -0.2) is 41.5 Å². The van der Waals surface area contributed by atoms with Crippen LogP contribution in [0.25, 0.3) is 0 Å². The van der Waals surface area contributed by atoms with Crippen LogP contribution in [0.15, 0.2) is 30.6 Å². The Balaban J connectivity index is 1.76. The van der Waals surface area contributed by atoms with E-state index < -0.39 is 0 Å². The molecule has 1 unspecified atom stereocenters. The summed E-state index contributed by atoms with van der Waals surface area (Å²) >= 11 is 0. The number of carbonyl (C=O) groups is 1. The number of esters is 1. The molecule has 0 radical (unpaired) electrons. The van der Waals surface area contributed by atoms with E-state index in [0.29, 0.717) is 17.8 Å². The average molecular weight is 337 g/mol. The third kappa shape index (κ3) is 3.92. The Hall–Kier alpha value is -2.98. The minimum Gasteiger partial charge on any atom is -0.455 e. The van der Waals surface area contributed by atoms with Crippen LogP contribution in [0.2, 0.25) is 0 Å². The van der Waals surface area contributed by atoms with Crippen molar-refractivity contribution in [2.75, 3.05) is 26.0 Å². The first-order valence-corrected chi connectivity index (χ1v) is 8.02. The molecule has 0 aliphatic heterocycles. The number of likely N-dealkylation sites (N-methyl/N-ethyl adjacent to an activating group) is 1. The van der Waals surface area contributed by atoms with Crippen molar-refractivity contribution in [2.24, 2.45) is 0 Å². The molecule has 25 heavy (non-hydrogen) atoms. The molecule has 1 N–H and O–H groups in total. The highest BCUT2D eigenvalue weighted by molar-refractivity contribution is 5.72. The van der Waals surface area contributed by atoms with E-state index in [-0.39, 0.29) is 18.6 Å². The minimum atomic E-state index is -0.327. The van der Waals surface area contributed by atoms with Gasteiger partial charge in [0.05, 0.1) is 23.9 Å². The second kappa shape index (κ2) is 7.28. The smallest absolute Gasteiger partial charge is 0.320 e. The normalized spacial score (nSPS) is 15.5. The molecular formula is C18H19N5O2. The molecule has 0 amide bonds. The first-order chi connectivity index (χ1) is 12.1. The number of anilines is 2. The summed E-state index contributed by atoms with van der Waals surface area (Å²) in [5, 5.41) is 12.1. The molecule has 7 heteroatoms. The van der Waals surface area contributed by atoms with Gasteiger partial charge in [-0.1, -0.05) is 0 Å². The molecule has 0 saturated heterocycles. The van der Waals surface area contributed by atoms with Gasteiger partial charge in [-0.15, -0.1) is 0 Å². The molecule has 1 aromatic heterocycles. The molecule has 1 aliphatic carbocycles. The van der Waals surface area contributed by atoms with E-state index in [2.05, 4.69) is 21.4 Å². The summed E-state index contributed by atoms with van der Waals surface area (Å²) in [5.74, 6) is 0.448. The number of hydrogen-bond acceptors (Lipinski definition) is 7. The number of nitrogens with one attached hydrogen (secondary N) is 1. The third-order valence-corrected chi connectivity index (χ3v) is 3.94. The van der Waals surface area contributed by atoms with E-state index in [9.17, 15) is 4.79 Å². The molecule has 0 spiro atoms. The highest BCUT2D eigenvalue weighted by Crippen LogP contribution is 2.36. The van der Waals surface area contributed by atoms with Gasteiger partial charge in [0.2, 0.25) is 0 Å². The Morgan fingerprint density at radius 2 is 2.12 bits per heavy atom. The number of carbonyl (C=O) groups excluding carboxylic acids is 1. The topological polar surface area (TPSA) is 91.1 Å². The van der Waals surface area contributed by atoms with E-state index in [1.165, 1.54) is 6.33 Å². The molecule has 2 aromatic rings. The fraction of sp³-hybridized carbons (Fsp3) is 0.333. The molecule has 0 saturated carbocycles. The van der Waals surface area contributed by atoms with Crippen molar-refractivity contribution in [3.05, 3.63) is 47.4 Å². The molecule has 0 bridgehead atoms. The number of benzene rings is 1. The van der Waals surface area contributed by atoms with Gasteiger partial charge in [0.1, 0.15) is 18.2 Å². The molecule has 7 nitrogen and oxygen atoms in total. The van der Waals surface area contributed by atoms with Crippen molar-refractivity contribution in [2.45, 2.75) is 18.9 Å². The zero-order valence-corrected chi connectivity index (χ0v) is 14.2. The lowest BCUT2D eigenvalue weighted by molar-refractivity contribution is -0.150. The lowest BCUT2D eigenvalue weighted by Gasteiger charge is -2.15. The van der Waals surface area contributed by atoms with Crippen molar-refractivity contribution in [1.29, 1.82) is 5.26 Å². The third-order valence-electron chi connectivity index (χ3n) is 3.94. The van der Waals surface area contributed by atoms with Crippen LogP contribution in [0, 0.1) is 11.3 Å². The fourth-order valence-electron chi connectivity index (χ4n) is 2.80. The molecule has 1 heterocycles. The fourth-order valence-corrected chi connectivity index (χ4v) is 2.80. The summed E-state index contributed by atoms with van der Waals surface area (Å²) < 4.78 is 5.55. The van der Waals surface area contributed by atoms with Gasteiger partial charge in [-0.05, 0) is 51.2 Å². The summed E-state index contributed by atoms with van der Waals surface area (Å²) in [7, 11) is 3.65. The second-order valence-electron chi connectivity index (χ2n) is 6.16. The lowest BCUT2D eigenvalue weighted by atomic mass is 10.2. The first kappa shape index (κ1) is 16.9. The van der Waals surface area contributed by atoms with Crippen LogP contribution in [0.3, 0.4) is 0 Å². The zero-order valence-electron chi connectivity index (χ0n) is 14.2. The number of fused-ring (bicyclic) bond motifs is 1. The predicted octanol–water partition coefficient (Wildman–Crippen LogP) is 2.18. The van der Waals surface area contributed by atoms with E-state index in [0.717, 1.165) is 23.4 Å². The van der Waals surface area contributed by atoms with Crippen molar-refractivity contribution < 1.29 is 9.53 Å². The Morgan fingerprint density at radius 1 is 1.36 bits per heavy atom. The Kier molecular flexibility index (Phi) is 4.91. The van der Waals surface area contributed by atoms with Gasteiger partial charge in [0.15, 0.2) is 0 Å². The summed E-state index contributed by atoms with van der Waals surface area (Å²) in [6.07, 6.45) is 2.60. The monoisotopic (exact) mass is 337 g/mol. The van der Waals surface area contributed by atoms with Crippen LogP contribution in [0.5, 0.6) is 0 Å². The van der Waals surface area contributed by atoms with Gasteiger partial charge in [-0.2, -0.15) is 5.26 Å². The van der Waals surface area contributed by atoms with Gasteiger partial charge in [0, 0.05) is 11.3 Å². The van der Waals surface area contributed by atoms with E-state index in [1.54, 1.807) is 17.0 Å². The highest BCUT2D eigenvalue weighted by Gasteiger charge is 2.30. The molecule has 128 valence electrons. The molecule has 3 rings (SSSR count). The van der Waals surface area contributed by atoms with Crippen molar-refractivity contribution in [3.63, 3.8) is 0 Å². The number of aromatic nitrogens is 2. The van der Waals surface area contributed by atoms with E-state index >= 15 is 0 Å². The maximum absolute atomic E-state index is 11.9. The van der Waals surface area contributed by atoms with Crippen molar-refractivity contribution >= 4 is 17.5 Å². The predicted molar refractivity (Wildman–Crippen MR) is 92.2 cm³/mol. The number of nitrogens with zero attached hydrogens (tertiary/aromatic N) is 4. The van der Waals surface area contributed by atoms with Gasteiger partial charge >= 0.3 is 5.97 Å². The van der Waals surface area contributed by atoms with Crippen LogP contribution in [-0.2, 0) is 16.0 Å².